The van der Waals surface area contributed by atoms with Crippen molar-refractivity contribution >= 4 is 24.8 Å². The lowest BCUT2D eigenvalue weighted by Crippen LogP contribution is -2.62. The van der Waals surface area contributed by atoms with Gasteiger partial charge in [0.05, 0.1) is 19.2 Å². The van der Waals surface area contributed by atoms with E-state index in [0.29, 0.717) is 11.8 Å². The summed E-state index contributed by atoms with van der Waals surface area (Å²) in [5, 5.41) is 1.61. The minimum absolute atomic E-state index is 0.00939. The quantitative estimate of drug-likeness (QED) is 0.562. The first kappa shape index (κ1) is 17.9. The fourth-order valence-electron chi connectivity index (χ4n) is 7.39. The molecule has 0 aromatic heterocycles. The molecule has 29 heavy (non-hydrogen) atoms. The van der Waals surface area contributed by atoms with Gasteiger partial charge >= 0.3 is 0 Å². The van der Waals surface area contributed by atoms with Crippen molar-refractivity contribution in [2.45, 2.75) is 57.2 Å². The minimum Gasteiger partial charge on any atom is -0.442 e. The van der Waals surface area contributed by atoms with E-state index in [9.17, 15) is 0 Å². The fraction of sp³-hybridized carbons (Fsp3) is 0.500. The van der Waals surface area contributed by atoms with E-state index in [4.69, 9.17) is 9.73 Å². The first-order chi connectivity index (χ1) is 14.0. The predicted molar refractivity (Wildman–Crippen MR) is 122 cm³/mol. The Hall–Kier alpha value is -1.87. The minimum atomic E-state index is -1.50. The van der Waals surface area contributed by atoms with Gasteiger partial charge in [0.2, 0.25) is 5.90 Å². The Kier molecular flexibility index (Phi) is 3.76. The summed E-state index contributed by atoms with van der Waals surface area (Å²) in [6, 6.07) is 17.2. The molecule has 4 fully saturated rings. The van der Waals surface area contributed by atoms with Crippen LogP contribution in [-0.2, 0) is 5.41 Å². The lowest BCUT2D eigenvalue weighted by molar-refractivity contribution is -0.0326. The molecule has 0 unspecified atom stereocenters. The Labute approximate surface area is 175 Å². The second-order valence-corrected chi connectivity index (χ2v) is 16.0. The average molecular weight is 402 g/mol. The Morgan fingerprint density at radius 2 is 1.48 bits per heavy atom. The van der Waals surface area contributed by atoms with Crippen molar-refractivity contribution in [1.82, 2.24) is 0 Å². The van der Waals surface area contributed by atoms with Crippen LogP contribution in [-0.4, -0.2) is 14.0 Å². The van der Waals surface area contributed by atoms with Crippen LogP contribution in [0.5, 0.6) is 5.75 Å². The summed E-state index contributed by atoms with van der Waals surface area (Å²) in [7, 11) is -1.50. The molecule has 3 heteroatoms. The summed E-state index contributed by atoms with van der Waals surface area (Å²) >= 11 is 0. The van der Waals surface area contributed by atoms with Crippen LogP contribution >= 0.6 is 0 Å². The van der Waals surface area contributed by atoms with Crippen LogP contribution in [0.2, 0.25) is 19.6 Å². The molecule has 4 aliphatic carbocycles. The summed E-state index contributed by atoms with van der Waals surface area (Å²) in [6.45, 7) is 7.47. The topological polar surface area (TPSA) is 21.6 Å². The van der Waals surface area contributed by atoms with Gasteiger partial charge in [-0.25, -0.2) is 4.99 Å². The SMILES string of the molecule is C[Si](C)(C)c1cccc2c1C1(C(Oc3ccccc3)=N2)C2CC3CC(C2)CC1C3. The van der Waals surface area contributed by atoms with Gasteiger partial charge in [0.15, 0.2) is 0 Å². The smallest absolute Gasteiger partial charge is 0.206 e. The van der Waals surface area contributed by atoms with Gasteiger partial charge in [-0.15, -0.1) is 0 Å². The number of aliphatic imine (C=N–C) groups is 1. The maximum Gasteiger partial charge on any atom is 0.206 e. The largest absolute Gasteiger partial charge is 0.442 e. The van der Waals surface area contributed by atoms with Crippen molar-refractivity contribution in [2.24, 2.45) is 28.7 Å². The van der Waals surface area contributed by atoms with E-state index >= 15 is 0 Å². The Balaban J connectivity index is 1.56. The molecule has 0 atom stereocenters. The lowest BCUT2D eigenvalue weighted by Gasteiger charge is -2.60. The monoisotopic (exact) mass is 401 g/mol. The van der Waals surface area contributed by atoms with Crippen LogP contribution in [0.4, 0.5) is 5.69 Å². The van der Waals surface area contributed by atoms with Gasteiger partial charge in [0, 0.05) is 0 Å². The van der Waals surface area contributed by atoms with Crippen molar-refractivity contribution < 1.29 is 4.74 Å². The zero-order valence-corrected chi connectivity index (χ0v) is 18.8. The van der Waals surface area contributed by atoms with Crippen LogP contribution in [0.1, 0.15) is 37.7 Å². The van der Waals surface area contributed by atoms with Gasteiger partial charge in [-0.05, 0) is 79.5 Å². The maximum atomic E-state index is 6.67. The van der Waals surface area contributed by atoms with E-state index in [0.717, 1.165) is 23.5 Å². The van der Waals surface area contributed by atoms with Gasteiger partial charge < -0.3 is 4.74 Å². The zero-order valence-electron chi connectivity index (χ0n) is 17.8. The van der Waals surface area contributed by atoms with Gasteiger partial charge in [0.1, 0.15) is 5.75 Å². The number of hydrogen-bond acceptors (Lipinski definition) is 2. The Morgan fingerprint density at radius 3 is 2.10 bits per heavy atom. The van der Waals surface area contributed by atoms with Crippen LogP contribution < -0.4 is 9.92 Å². The molecule has 0 saturated heterocycles. The highest BCUT2D eigenvalue weighted by molar-refractivity contribution is 6.89. The number of benzene rings is 2. The summed E-state index contributed by atoms with van der Waals surface area (Å²) in [6.07, 6.45) is 6.93. The Bertz CT molecular complexity index is 960. The van der Waals surface area contributed by atoms with Crippen LogP contribution in [0.25, 0.3) is 0 Å². The van der Waals surface area contributed by atoms with Crippen molar-refractivity contribution in [3.05, 3.63) is 54.1 Å². The molecule has 0 amide bonds. The molecule has 0 radical (unpaired) electrons. The van der Waals surface area contributed by atoms with Crippen molar-refractivity contribution in [1.29, 1.82) is 0 Å². The average Bonchev–Trinajstić information content (AvgIpc) is 3.00. The summed E-state index contributed by atoms with van der Waals surface area (Å²) in [5.74, 6) is 5.20. The number of ether oxygens (including phenoxy) is 1. The lowest BCUT2D eigenvalue weighted by atomic mass is 9.44. The summed E-state index contributed by atoms with van der Waals surface area (Å²) in [5.41, 5.74) is 2.78. The van der Waals surface area contributed by atoms with E-state index in [2.05, 4.69) is 68.2 Å². The molecule has 2 nitrogen and oxygen atoms in total. The maximum absolute atomic E-state index is 6.67. The van der Waals surface area contributed by atoms with E-state index in [1.54, 1.807) is 10.8 Å². The van der Waals surface area contributed by atoms with Crippen LogP contribution in [0.3, 0.4) is 0 Å². The van der Waals surface area contributed by atoms with Crippen LogP contribution in [0, 0.1) is 23.7 Å². The van der Waals surface area contributed by atoms with Crippen molar-refractivity contribution in [2.75, 3.05) is 0 Å². The molecule has 1 spiro atoms. The molecule has 1 heterocycles. The number of hydrogen-bond donors (Lipinski definition) is 0. The Morgan fingerprint density at radius 1 is 0.828 bits per heavy atom. The number of rotatable bonds is 2. The van der Waals surface area contributed by atoms with E-state index in [-0.39, 0.29) is 5.41 Å². The van der Waals surface area contributed by atoms with Crippen molar-refractivity contribution in [3.63, 3.8) is 0 Å². The fourth-order valence-corrected chi connectivity index (χ4v) is 9.08. The highest BCUT2D eigenvalue weighted by Gasteiger charge is 2.64. The summed E-state index contributed by atoms with van der Waals surface area (Å²) < 4.78 is 6.67. The zero-order chi connectivity index (χ0) is 19.8. The number of nitrogens with zero attached hydrogens (tertiary/aromatic N) is 1. The molecular weight excluding hydrogens is 370 g/mol. The number of para-hydroxylation sites is 1. The summed E-state index contributed by atoms with van der Waals surface area (Å²) in [4.78, 5) is 5.24. The first-order valence-electron chi connectivity index (χ1n) is 11.4. The second-order valence-electron chi connectivity index (χ2n) is 11.0. The third-order valence-electron chi connectivity index (χ3n) is 8.22. The molecule has 0 N–H and O–H groups in total. The van der Waals surface area contributed by atoms with E-state index in [1.807, 2.05) is 0 Å². The molecule has 2 aromatic carbocycles. The molecule has 1 aliphatic heterocycles. The highest BCUT2D eigenvalue weighted by atomic mass is 28.3. The van der Waals surface area contributed by atoms with Crippen molar-refractivity contribution in [3.8, 4) is 5.75 Å². The highest BCUT2D eigenvalue weighted by Crippen LogP contribution is 2.66. The van der Waals surface area contributed by atoms with Gasteiger partial charge in [-0.2, -0.15) is 0 Å². The molecule has 7 rings (SSSR count). The van der Waals surface area contributed by atoms with Gasteiger partial charge in [-0.1, -0.05) is 55.2 Å². The number of fused-ring (bicyclic) bond motifs is 1. The molecular formula is C26H31NOSi. The van der Waals surface area contributed by atoms with E-state index < -0.39 is 8.07 Å². The molecule has 4 saturated carbocycles. The third kappa shape index (κ3) is 2.49. The molecule has 150 valence electrons. The molecule has 2 aromatic rings. The van der Waals surface area contributed by atoms with Gasteiger partial charge in [-0.3, -0.25) is 0 Å². The second kappa shape index (κ2) is 6.07. The predicted octanol–water partition coefficient (Wildman–Crippen LogP) is 6.05. The van der Waals surface area contributed by atoms with E-state index in [1.165, 1.54) is 37.8 Å². The normalized spacial score (nSPS) is 34.4. The molecule has 5 aliphatic rings. The standard InChI is InChI=1S/C26H31NOSi/c1-29(2,3)23-11-7-10-22-24(23)26(25(27-22)28-21-8-5-4-6-9-21)19-13-17-12-18(15-19)16-20(26)14-17/h4-11,17-20H,12-16H2,1-3H3. The first-order valence-corrected chi connectivity index (χ1v) is 14.9. The third-order valence-corrected chi connectivity index (χ3v) is 10.3. The van der Waals surface area contributed by atoms with Gasteiger partial charge in [0.25, 0.3) is 0 Å². The van der Waals surface area contributed by atoms with Crippen LogP contribution in [0.15, 0.2) is 53.5 Å². The molecule has 4 bridgehead atoms.